The van der Waals surface area contributed by atoms with E-state index in [1.165, 1.54) is 59.7 Å². The molecule has 0 aliphatic carbocycles. The maximum Gasteiger partial charge on any atom is 0.108 e. The van der Waals surface area contributed by atoms with Crippen LogP contribution in [0.2, 0.25) is 0 Å². The molecule has 2 bridgehead atoms. The molecule has 0 N–H and O–H groups in total. The van der Waals surface area contributed by atoms with Crippen LogP contribution in [0.15, 0.2) is 103 Å². The summed E-state index contributed by atoms with van der Waals surface area (Å²) in [7, 11) is 0. The second-order valence-electron chi connectivity index (χ2n) is 10.3. The molecular formula is C33H35NO. The molecule has 2 unspecified atom stereocenters. The van der Waals surface area contributed by atoms with Crippen LogP contribution in [0.4, 0.5) is 0 Å². The second-order valence-corrected chi connectivity index (χ2v) is 10.3. The zero-order valence-corrected chi connectivity index (χ0v) is 20.4. The Kier molecular flexibility index (Phi) is 6.66. The highest BCUT2D eigenvalue weighted by atomic mass is 16.5. The first-order chi connectivity index (χ1) is 17.3. The van der Waals surface area contributed by atoms with Gasteiger partial charge in [0, 0.05) is 12.1 Å². The van der Waals surface area contributed by atoms with Crippen molar-refractivity contribution in [3.8, 4) is 0 Å². The van der Waals surface area contributed by atoms with Crippen LogP contribution >= 0.6 is 0 Å². The van der Waals surface area contributed by atoms with Crippen molar-refractivity contribution in [3.63, 3.8) is 0 Å². The minimum absolute atomic E-state index is 0.0187. The van der Waals surface area contributed by atoms with Crippen molar-refractivity contribution in [2.75, 3.05) is 6.54 Å². The topological polar surface area (TPSA) is 12.5 Å². The predicted octanol–water partition coefficient (Wildman–Crippen LogP) is 7.57. The van der Waals surface area contributed by atoms with Gasteiger partial charge < -0.3 is 4.74 Å². The van der Waals surface area contributed by atoms with E-state index in [9.17, 15) is 0 Å². The minimum atomic E-state index is -0.0187. The van der Waals surface area contributed by atoms with Crippen LogP contribution in [0.5, 0.6) is 0 Å². The van der Waals surface area contributed by atoms with Crippen LogP contribution in [-0.4, -0.2) is 29.6 Å². The van der Waals surface area contributed by atoms with Crippen molar-refractivity contribution in [3.05, 3.63) is 120 Å². The lowest BCUT2D eigenvalue weighted by atomic mass is 9.95. The van der Waals surface area contributed by atoms with Gasteiger partial charge in [-0.1, -0.05) is 97.1 Å². The van der Waals surface area contributed by atoms with E-state index >= 15 is 0 Å². The van der Waals surface area contributed by atoms with Gasteiger partial charge in [-0.15, -0.1) is 0 Å². The molecule has 4 aromatic carbocycles. The number of hydrogen-bond donors (Lipinski definition) is 0. The number of hydrogen-bond acceptors (Lipinski definition) is 2. The molecule has 6 rings (SSSR count). The Hall–Kier alpha value is -2.94. The Labute approximate surface area is 209 Å². The number of aryl methyl sites for hydroxylation is 1. The molecule has 178 valence electrons. The van der Waals surface area contributed by atoms with Gasteiger partial charge in [-0.2, -0.15) is 0 Å². The minimum Gasteiger partial charge on any atom is -0.365 e. The smallest absolute Gasteiger partial charge is 0.108 e. The SMILES string of the molecule is c1ccc(CCCN2[C@@H]3CC[C@H]2CC(OC(c2ccccc2)c2ccc4ccccc4c2)C3)cc1. The highest BCUT2D eigenvalue weighted by molar-refractivity contribution is 5.83. The lowest BCUT2D eigenvalue weighted by molar-refractivity contribution is -0.0482. The van der Waals surface area contributed by atoms with Gasteiger partial charge >= 0.3 is 0 Å². The third-order valence-electron chi connectivity index (χ3n) is 8.07. The van der Waals surface area contributed by atoms with Crippen LogP contribution in [-0.2, 0) is 11.2 Å². The van der Waals surface area contributed by atoms with Gasteiger partial charge in [-0.05, 0) is 78.6 Å². The molecule has 4 aromatic rings. The Balaban J connectivity index is 1.16. The molecule has 2 fully saturated rings. The molecule has 4 atom stereocenters. The molecule has 35 heavy (non-hydrogen) atoms. The predicted molar refractivity (Wildman–Crippen MR) is 145 cm³/mol. The molecular weight excluding hydrogens is 426 g/mol. The number of rotatable bonds is 8. The van der Waals surface area contributed by atoms with Crippen LogP contribution in [0.1, 0.15) is 54.9 Å². The molecule has 2 saturated heterocycles. The van der Waals surface area contributed by atoms with Crippen LogP contribution < -0.4 is 0 Å². The zero-order chi connectivity index (χ0) is 23.5. The molecule has 2 heteroatoms. The molecule has 0 radical (unpaired) electrons. The Morgan fingerprint density at radius 2 is 1.34 bits per heavy atom. The average molecular weight is 462 g/mol. The molecule has 0 aromatic heterocycles. The van der Waals surface area contributed by atoms with Crippen molar-refractivity contribution in [1.29, 1.82) is 0 Å². The first-order valence-electron chi connectivity index (χ1n) is 13.3. The fourth-order valence-corrected chi connectivity index (χ4v) is 6.35. The third kappa shape index (κ3) is 5.05. The summed E-state index contributed by atoms with van der Waals surface area (Å²) in [6.07, 6.45) is 7.66. The van der Waals surface area contributed by atoms with Crippen LogP contribution in [0, 0.1) is 0 Å². The summed E-state index contributed by atoms with van der Waals surface area (Å²) in [6.45, 7) is 1.21. The summed E-state index contributed by atoms with van der Waals surface area (Å²) in [5, 5.41) is 2.56. The van der Waals surface area contributed by atoms with E-state index in [1.54, 1.807) is 0 Å². The highest BCUT2D eigenvalue weighted by Crippen LogP contribution is 2.40. The van der Waals surface area contributed by atoms with Gasteiger partial charge in [0.1, 0.15) is 6.10 Å². The van der Waals surface area contributed by atoms with E-state index in [2.05, 4.69) is 108 Å². The quantitative estimate of drug-likeness (QED) is 0.268. The molecule has 2 aliphatic heterocycles. The summed E-state index contributed by atoms with van der Waals surface area (Å²) in [4.78, 5) is 2.80. The molecule has 0 saturated carbocycles. The first kappa shape index (κ1) is 22.5. The Bertz CT molecular complexity index is 1220. The maximum absolute atomic E-state index is 6.99. The number of nitrogens with zero attached hydrogens (tertiary/aromatic N) is 1. The largest absolute Gasteiger partial charge is 0.365 e. The summed E-state index contributed by atoms with van der Waals surface area (Å²) >= 11 is 0. The van der Waals surface area contributed by atoms with Gasteiger partial charge in [0.05, 0.1) is 6.10 Å². The van der Waals surface area contributed by atoms with Crippen molar-refractivity contribution in [2.24, 2.45) is 0 Å². The third-order valence-corrected chi connectivity index (χ3v) is 8.07. The summed E-state index contributed by atoms with van der Waals surface area (Å²) in [5.41, 5.74) is 3.96. The van der Waals surface area contributed by atoms with Crippen molar-refractivity contribution in [1.82, 2.24) is 4.90 Å². The lowest BCUT2D eigenvalue weighted by Crippen LogP contribution is -2.46. The van der Waals surface area contributed by atoms with Gasteiger partial charge in [0.2, 0.25) is 0 Å². The van der Waals surface area contributed by atoms with E-state index < -0.39 is 0 Å². The van der Waals surface area contributed by atoms with Crippen molar-refractivity contribution in [2.45, 2.75) is 62.8 Å². The molecule has 2 nitrogen and oxygen atoms in total. The zero-order valence-electron chi connectivity index (χ0n) is 20.4. The molecule has 0 amide bonds. The first-order valence-corrected chi connectivity index (χ1v) is 13.3. The standard InChI is InChI=1S/C33H35NO/c1-3-10-25(11-4-1)12-9-21-34-30-19-20-31(34)24-32(23-30)35-33(27-14-5-2-6-15-27)29-18-17-26-13-7-8-16-28(26)22-29/h1-8,10-11,13-18,22,30-33H,9,12,19-21,23-24H2/t30-,31+,32?,33?. The summed E-state index contributed by atoms with van der Waals surface area (Å²) < 4.78 is 6.99. The van der Waals surface area contributed by atoms with Crippen LogP contribution in [0.25, 0.3) is 10.8 Å². The summed E-state index contributed by atoms with van der Waals surface area (Å²) in [5.74, 6) is 0. The number of ether oxygens (including phenoxy) is 1. The lowest BCUT2D eigenvalue weighted by Gasteiger charge is -2.40. The normalized spacial score (nSPS) is 22.9. The van der Waals surface area contributed by atoms with Crippen molar-refractivity contribution >= 4 is 10.8 Å². The van der Waals surface area contributed by atoms with E-state index in [0.29, 0.717) is 18.2 Å². The fourth-order valence-electron chi connectivity index (χ4n) is 6.35. The number of benzene rings is 4. The highest BCUT2D eigenvalue weighted by Gasteiger charge is 2.41. The average Bonchev–Trinajstić information content (AvgIpc) is 3.15. The molecule has 2 heterocycles. The van der Waals surface area contributed by atoms with E-state index in [0.717, 1.165) is 12.8 Å². The monoisotopic (exact) mass is 461 g/mol. The Morgan fingerprint density at radius 3 is 2.09 bits per heavy atom. The summed E-state index contributed by atoms with van der Waals surface area (Å²) in [6, 6.07) is 38.5. The Morgan fingerprint density at radius 1 is 0.686 bits per heavy atom. The number of piperidine rings is 1. The van der Waals surface area contributed by atoms with Gasteiger partial charge in [0.25, 0.3) is 0 Å². The van der Waals surface area contributed by atoms with Crippen LogP contribution in [0.3, 0.4) is 0 Å². The second kappa shape index (κ2) is 10.4. The number of fused-ring (bicyclic) bond motifs is 3. The van der Waals surface area contributed by atoms with E-state index in [4.69, 9.17) is 4.74 Å². The van der Waals surface area contributed by atoms with Gasteiger partial charge in [-0.3, -0.25) is 4.90 Å². The van der Waals surface area contributed by atoms with E-state index in [1.807, 2.05) is 0 Å². The molecule has 2 aliphatic rings. The van der Waals surface area contributed by atoms with Gasteiger partial charge in [-0.25, -0.2) is 0 Å². The van der Waals surface area contributed by atoms with Crippen molar-refractivity contribution < 1.29 is 4.74 Å². The molecule has 0 spiro atoms. The fraction of sp³-hybridized carbons (Fsp3) is 0.333. The van der Waals surface area contributed by atoms with E-state index in [-0.39, 0.29) is 6.10 Å². The van der Waals surface area contributed by atoms with Gasteiger partial charge in [0.15, 0.2) is 0 Å². The maximum atomic E-state index is 6.99.